The highest BCUT2D eigenvalue weighted by Crippen LogP contribution is 2.25. The van der Waals surface area contributed by atoms with Gasteiger partial charge in [-0.15, -0.1) is 11.3 Å². The van der Waals surface area contributed by atoms with Crippen LogP contribution in [0.3, 0.4) is 0 Å². The summed E-state index contributed by atoms with van der Waals surface area (Å²) in [6.45, 7) is 6.00. The van der Waals surface area contributed by atoms with E-state index in [9.17, 15) is 4.79 Å². The van der Waals surface area contributed by atoms with Crippen molar-refractivity contribution in [1.29, 1.82) is 0 Å². The monoisotopic (exact) mass is 465 g/mol. The van der Waals surface area contributed by atoms with Gasteiger partial charge in [0.1, 0.15) is 23.9 Å². The molecule has 0 spiro atoms. The zero-order chi connectivity index (χ0) is 23.0. The van der Waals surface area contributed by atoms with E-state index in [2.05, 4.69) is 5.32 Å². The summed E-state index contributed by atoms with van der Waals surface area (Å²) in [6.07, 6.45) is 2.25. The maximum atomic E-state index is 12.4. The molecule has 0 fully saturated rings. The Morgan fingerprint density at radius 2 is 1.55 bits per heavy atom. The molecule has 0 aliphatic rings. The van der Waals surface area contributed by atoms with Crippen molar-refractivity contribution < 1.29 is 19.0 Å². The lowest BCUT2D eigenvalue weighted by atomic mass is 10.1. The molecule has 172 valence electrons. The number of carbonyl (C=O) groups is 1. The number of benzene rings is 2. The topological polar surface area (TPSA) is 74.1 Å². The molecule has 7 nitrogen and oxygen atoms in total. The van der Waals surface area contributed by atoms with Gasteiger partial charge in [-0.1, -0.05) is 0 Å². The van der Waals surface area contributed by atoms with Crippen LogP contribution in [0.1, 0.15) is 19.5 Å². The fourth-order valence-corrected chi connectivity index (χ4v) is 4.24. The van der Waals surface area contributed by atoms with Gasteiger partial charge < -0.3 is 19.5 Å². The molecule has 0 unspecified atom stereocenters. The van der Waals surface area contributed by atoms with Crippen molar-refractivity contribution >= 4 is 22.2 Å². The van der Waals surface area contributed by atoms with E-state index < -0.39 is 0 Å². The number of hydrogen-bond donors (Lipinski definition) is 1. The summed E-state index contributed by atoms with van der Waals surface area (Å²) in [6, 6.07) is 15.3. The fourth-order valence-electron chi connectivity index (χ4n) is 3.37. The van der Waals surface area contributed by atoms with Crippen molar-refractivity contribution in [3.8, 4) is 28.5 Å². The number of thiazole rings is 1. The zero-order valence-corrected chi connectivity index (χ0v) is 19.6. The highest BCUT2D eigenvalue weighted by atomic mass is 32.1. The zero-order valence-electron chi connectivity index (χ0n) is 18.7. The summed E-state index contributed by atoms with van der Waals surface area (Å²) in [5.74, 6) is 2.34. The van der Waals surface area contributed by atoms with Crippen molar-refractivity contribution in [1.82, 2.24) is 14.7 Å². The molecule has 0 radical (unpaired) electrons. The Kier molecular flexibility index (Phi) is 7.47. The van der Waals surface area contributed by atoms with Gasteiger partial charge in [0.2, 0.25) is 5.91 Å². The molecule has 8 heteroatoms. The molecular formula is C25H27N3O4S. The second-order valence-corrected chi connectivity index (χ2v) is 8.08. The second kappa shape index (κ2) is 10.9. The number of carbonyl (C=O) groups excluding carboxylic acids is 1. The lowest BCUT2D eigenvalue weighted by Crippen LogP contribution is -2.29. The van der Waals surface area contributed by atoms with Gasteiger partial charge in [-0.25, -0.2) is 4.98 Å². The van der Waals surface area contributed by atoms with Crippen LogP contribution in [-0.4, -0.2) is 41.7 Å². The largest absolute Gasteiger partial charge is 0.494 e. The first kappa shape index (κ1) is 22.7. The van der Waals surface area contributed by atoms with Crippen LogP contribution in [-0.2, 0) is 11.2 Å². The number of nitrogens with one attached hydrogen (secondary N) is 1. The van der Waals surface area contributed by atoms with E-state index in [0.29, 0.717) is 26.4 Å². The molecule has 33 heavy (non-hydrogen) atoms. The van der Waals surface area contributed by atoms with Crippen molar-refractivity contribution in [2.24, 2.45) is 0 Å². The van der Waals surface area contributed by atoms with Gasteiger partial charge in [-0.05, 0) is 62.4 Å². The van der Waals surface area contributed by atoms with Gasteiger partial charge in [0.05, 0.1) is 31.9 Å². The summed E-state index contributed by atoms with van der Waals surface area (Å²) in [4.78, 5) is 18.0. The predicted octanol–water partition coefficient (Wildman–Crippen LogP) is 4.60. The van der Waals surface area contributed by atoms with Gasteiger partial charge in [0.25, 0.3) is 0 Å². The third-order valence-corrected chi connectivity index (χ3v) is 5.80. The van der Waals surface area contributed by atoms with Gasteiger partial charge in [-0.2, -0.15) is 0 Å². The number of nitrogens with zero attached hydrogens (tertiary/aromatic N) is 2. The molecule has 0 aliphatic carbocycles. The number of ether oxygens (including phenoxy) is 3. The van der Waals surface area contributed by atoms with Gasteiger partial charge in [0, 0.05) is 22.8 Å². The number of aromatic nitrogens is 2. The molecule has 4 aromatic rings. The molecule has 2 aromatic carbocycles. The minimum atomic E-state index is -0.0543. The van der Waals surface area contributed by atoms with E-state index in [1.165, 1.54) is 11.3 Å². The first-order chi connectivity index (χ1) is 16.2. The quantitative estimate of drug-likeness (QED) is 0.328. The number of hydrogen-bond acceptors (Lipinski definition) is 6. The van der Waals surface area contributed by atoms with Crippen molar-refractivity contribution in [3.63, 3.8) is 0 Å². The van der Waals surface area contributed by atoms with Crippen molar-refractivity contribution in [2.45, 2.75) is 20.3 Å². The van der Waals surface area contributed by atoms with E-state index in [4.69, 9.17) is 19.2 Å². The number of fused-ring (bicyclic) bond motifs is 1. The highest BCUT2D eigenvalue weighted by molar-refractivity contribution is 7.15. The lowest BCUT2D eigenvalue weighted by Gasteiger charge is -2.09. The first-order valence-electron chi connectivity index (χ1n) is 11.0. The molecule has 1 amide bonds. The van der Waals surface area contributed by atoms with Crippen LogP contribution in [0.4, 0.5) is 0 Å². The van der Waals surface area contributed by atoms with Crippen LogP contribution in [0.2, 0.25) is 0 Å². The summed E-state index contributed by atoms with van der Waals surface area (Å²) >= 11 is 1.53. The summed E-state index contributed by atoms with van der Waals surface area (Å²) in [5, 5.41) is 4.89. The highest BCUT2D eigenvalue weighted by Gasteiger charge is 2.12. The smallest absolute Gasteiger partial charge is 0.226 e. The molecule has 1 N–H and O–H groups in total. The molecule has 0 saturated carbocycles. The third-order valence-electron chi connectivity index (χ3n) is 4.91. The van der Waals surface area contributed by atoms with Crippen LogP contribution >= 0.6 is 11.3 Å². The number of rotatable bonds is 11. The molecule has 0 aliphatic heterocycles. The first-order valence-corrected chi connectivity index (χ1v) is 11.8. The molecule has 0 bridgehead atoms. The predicted molar refractivity (Wildman–Crippen MR) is 129 cm³/mol. The Hall–Kier alpha value is -3.52. The van der Waals surface area contributed by atoms with Crippen LogP contribution in [0.5, 0.6) is 17.2 Å². The average Bonchev–Trinajstić information content (AvgIpc) is 3.41. The maximum absolute atomic E-state index is 12.4. The molecule has 2 heterocycles. The Bertz CT molecular complexity index is 1180. The second-order valence-electron chi connectivity index (χ2n) is 7.24. The van der Waals surface area contributed by atoms with Gasteiger partial charge in [-0.3, -0.25) is 9.20 Å². The number of imidazole rings is 1. The summed E-state index contributed by atoms with van der Waals surface area (Å²) in [5.41, 5.74) is 2.79. The number of amides is 1. The van der Waals surface area contributed by atoms with E-state index in [1.54, 1.807) is 0 Å². The normalized spacial score (nSPS) is 10.8. The minimum absolute atomic E-state index is 0.0543. The van der Waals surface area contributed by atoms with Crippen LogP contribution in [0, 0.1) is 0 Å². The third kappa shape index (κ3) is 5.84. The van der Waals surface area contributed by atoms with Gasteiger partial charge >= 0.3 is 0 Å². The lowest BCUT2D eigenvalue weighted by molar-refractivity contribution is -0.120. The van der Waals surface area contributed by atoms with Crippen molar-refractivity contribution in [3.05, 3.63) is 65.8 Å². The molecular weight excluding hydrogens is 438 g/mol. The standard InChI is InChI=1S/C25H27N3O4S/c1-3-30-20-7-5-18(6-8-20)23-16-28-19(17-33-25(28)27-23)15-24(29)26-13-14-32-22-11-9-21(10-12-22)31-4-2/h5-12,16-17H,3-4,13-15H2,1-2H3,(H,26,29). The fraction of sp³-hybridized carbons (Fsp3) is 0.280. The van der Waals surface area contributed by atoms with E-state index in [-0.39, 0.29) is 12.3 Å². The molecule has 0 saturated heterocycles. The SMILES string of the molecule is CCOc1ccc(OCCNC(=O)Cc2csc3nc(-c4ccc(OCC)cc4)cn23)cc1. The van der Waals surface area contributed by atoms with Crippen LogP contribution in [0.25, 0.3) is 16.2 Å². The Morgan fingerprint density at radius 1 is 0.939 bits per heavy atom. The maximum Gasteiger partial charge on any atom is 0.226 e. The van der Waals surface area contributed by atoms with E-state index >= 15 is 0 Å². The average molecular weight is 466 g/mol. The van der Waals surface area contributed by atoms with E-state index in [0.717, 1.165) is 39.2 Å². The Balaban J connectivity index is 1.29. The van der Waals surface area contributed by atoms with Gasteiger partial charge in [0.15, 0.2) is 4.96 Å². The Labute approximate surface area is 196 Å². The minimum Gasteiger partial charge on any atom is -0.494 e. The van der Waals surface area contributed by atoms with Crippen LogP contribution in [0.15, 0.2) is 60.1 Å². The molecule has 2 aromatic heterocycles. The van der Waals surface area contributed by atoms with Crippen molar-refractivity contribution in [2.75, 3.05) is 26.4 Å². The molecule has 4 rings (SSSR count). The summed E-state index contributed by atoms with van der Waals surface area (Å²) in [7, 11) is 0. The van der Waals surface area contributed by atoms with E-state index in [1.807, 2.05) is 78.4 Å². The Morgan fingerprint density at radius 3 is 2.18 bits per heavy atom. The molecule has 0 atom stereocenters. The summed E-state index contributed by atoms with van der Waals surface area (Å²) < 4.78 is 18.6. The van der Waals surface area contributed by atoms with Crippen LogP contribution < -0.4 is 19.5 Å².